The summed E-state index contributed by atoms with van der Waals surface area (Å²) in [4.78, 5) is 25.2. The van der Waals surface area contributed by atoms with Crippen molar-refractivity contribution in [3.05, 3.63) is 0 Å². The zero-order valence-electron chi connectivity index (χ0n) is 15.9. The second-order valence-corrected chi connectivity index (χ2v) is 7.00. The van der Waals surface area contributed by atoms with E-state index in [1.165, 1.54) is 6.42 Å². The highest BCUT2D eigenvalue weighted by Gasteiger charge is 2.22. The molecule has 0 aromatic heterocycles. The van der Waals surface area contributed by atoms with Crippen LogP contribution in [-0.4, -0.2) is 54.5 Å². The SMILES string of the molecule is CCCCCCCC(CC(=O)O)OC(=O)OCC1CCCN(CC)C1. The fourth-order valence-corrected chi connectivity index (χ4v) is 3.30. The van der Waals surface area contributed by atoms with Crippen molar-refractivity contribution < 1.29 is 24.2 Å². The summed E-state index contributed by atoms with van der Waals surface area (Å²) in [6.45, 7) is 7.70. The summed E-state index contributed by atoms with van der Waals surface area (Å²) in [5.74, 6) is -0.606. The largest absolute Gasteiger partial charge is 0.508 e. The normalized spacial score (nSPS) is 19.4. The second-order valence-electron chi connectivity index (χ2n) is 7.00. The van der Waals surface area contributed by atoms with Crippen LogP contribution in [-0.2, 0) is 14.3 Å². The fraction of sp³-hybridized carbons (Fsp3) is 0.895. The molecule has 0 bridgehead atoms. The van der Waals surface area contributed by atoms with Gasteiger partial charge in [-0.25, -0.2) is 4.79 Å². The number of carbonyl (C=O) groups excluding carboxylic acids is 1. The number of aliphatic carboxylic acids is 1. The molecule has 1 fully saturated rings. The van der Waals surface area contributed by atoms with Gasteiger partial charge in [0.25, 0.3) is 0 Å². The molecule has 0 amide bonds. The number of hydrogen-bond acceptors (Lipinski definition) is 5. The van der Waals surface area contributed by atoms with E-state index in [-0.39, 0.29) is 6.42 Å². The zero-order valence-corrected chi connectivity index (χ0v) is 15.9. The van der Waals surface area contributed by atoms with Gasteiger partial charge in [0.1, 0.15) is 6.10 Å². The van der Waals surface area contributed by atoms with Crippen LogP contribution in [0.25, 0.3) is 0 Å². The monoisotopic (exact) mass is 357 g/mol. The molecule has 2 atom stereocenters. The molecule has 25 heavy (non-hydrogen) atoms. The predicted octanol–water partition coefficient (Wildman–Crippen LogP) is 4.08. The molecule has 1 rings (SSSR count). The molecule has 1 aliphatic rings. The highest BCUT2D eigenvalue weighted by molar-refractivity contribution is 5.68. The van der Waals surface area contributed by atoms with Gasteiger partial charge in [-0.1, -0.05) is 39.5 Å². The van der Waals surface area contributed by atoms with Crippen LogP contribution in [0.4, 0.5) is 4.79 Å². The van der Waals surface area contributed by atoms with Crippen LogP contribution in [0, 0.1) is 5.92 Å². The van der Waals surface area contributed by atoms with Gasteiger partial charge in [0, 0.05) is 12.5 Å². The van der Waals surface area contributed by atoms with Crippen molar-refractivity contribution in [3.63, 3.8) is 0 Å². The number of carboxylic acid groups (broad SMARTS) is 1. The number of unbranched alkanes of at least 4 members (excludes halogenated alkanes) is 4. The van der Waals surface area contributed by atoms with E-state index >= 15 is 0 Å². The van der Waals surface area contributed by atoms with E-state index in [1.54, 1.807) is 0 Å². The lowest BCUT2D eigenvalue weighted by Crippen LogP contribution is -2.37. The molecule has 1 N–H and O–H groups in total. The first-order valence-corrected chi connectivity index (χ1v) is 9.82. The summed E-state index contributed by atoms with van der Waals surface area (Å²) in [7, 11) is 0. The zero-order chi connectivity index (χ0) is 18.5. The van der Waals surface area contributed by atoms with Crippen LogP contribution >= 0.6 is 0 Å². The van der Waals surface area contributed by atoms with Gasteiger partial charge in [-0.05, 0) is 38.8 Å². The molecular formula is C19H35NO5. The van der Waals surface area contributed by atoms with Gasteiger partial charge >= 0.3 is 12.1 Å². The van der Waals surface area contributed by atoms with Gasteiger partial charge in [-0.2, -0.15) is 0 Å². The molecule has 0 aromatic carbocycles. The first kappa shape index (κ1) is 21.7. The fourth-order valence-electron chi connectivity index (χ4n) is 3.30. The summed E-state index contributed by atoms with van der Waals surface area (Å²) >= 11 is 0. The van der Waals surface area contributed by atoms with Crippen LogP contribution < -0.4 is 0 Å². The average Bonchev–Trinajstić information content (AvgIpc) is 2.59. The standard InChI is InChI=1S/C19H35NO5/c1-3-5-6-7-8-11-17(13-18(21)22)25-19(23)24-15-16-10-9-12-20(4-2)14-16/h16-17H,3-15H2,1-2H3,(H,21,22). The van der Waals surface area contributed by atoms with Crippen molar-refractivity contribution in [3.8, 4) is 0 Å². The Hall–Kier alpha value is -1.30. The van der Waals surface area contributed by atoms with Gasteiger partial charge in [-0.3, -0.25) is 4.79 Å². The number of rotatable bonds is 12. The molecule has 0 aromatic rings. The third kappa shape index (κ3) is 10.3. The molecule has 1 aliphatic heterocycles. The van der Waals surface area contributed by atoms with Crippen LogP contribution in [0.2, 0.25) is 0 Å². The molecule has 2 unspecified atom stereocenters. The quantitative estimate of drug-likeness (QED) is 0.419. The van der Waals surface area contributed by atoms with Crippen molar-refractivity contribution in [2.75, 3.05) is 26.2 Å². The number of likely N-dealkylation sites (tertiary alicyclic amines) is 1. The summed E-state index contributed by atoms with van der Waals surface area (Å²) < 4.78 is 10.5. The van der Waals surface area contributed by atoms with Gasteiger partial charge < -0.3 is 19.5 Å². The maximum Gasteiger partial charge on any atom is 0.508 e. The van der Waals surface area contributed by atoms with Gasteiger partial charge in [0.2, 0.25) is 0 Å². The summed E-state index contributed by atoms with van der Waals surface area (Å²) in [6, 6.07) is 0. The molecule has 0 saturated carbocycles. The first-order chi connectivity index (χ1) is 12.0. The van der Waals surface area contributed by atoms with Gasteiger partial charge in [0.15, 0.2) is 0 Å². The number of carboxylic acids is 1. The number of nitrogens with zero attached hydrogens (tertiary/aromatic N) is 1. The first-order valence-electron chi connectivity index (χ1n) is 9.82. The van der Waals surface area contributed by atoms with E-state index in [0.29, 0.717) is 18.9 Å². The van der Waals surface area contributed by atoms with Gasteiger partial charge in [-0.15, -0.1) is 0 Å². The van der Waals surface area contributed by atoms with Crippen LogP contribution in [0.5, 0.6) is 0 Å². The third-order valence-corrected chi connectivity index (χ3v) is 4.78. The van der Waals surface area contributed by atoms with E-state index in [9.17, 15) is 9.59 Å². The van der Waals surface area contributed by atoms with Crippen LogP contribution in [0.3, 0.4) is 0 Å². The third-order valence-electron chi connectivity index (χ3n) is 4.78. The van der Waals surface area contributed by atoms with Crippen LogP contribution in [0.1, 0.15) is 71.6 Å². The molecule has 1 heterocycles. The van der Waals surface area contributed by atoms with Crippen LogP contribution in [0.15, 0.2) is 0 Å². The maximum absolute atomic E-state index is 11.9. The minimum absolute atomic E-state index is 0.157. The Labute approximate surface area is 151 Å². The maximum atomic E-state index is 11.9. The Balaban J connectivity index is 2.29. The van der Waals surface area contributed by atoms with Crippen molar-refractivity contribution in [1.29, 1.82) is 0 Å². The lowest BCUT2D eigenvalue weighted by molar-refractivity contribution is -0.139. The van der Waals surface area contributed by atoms with E-state index in [0.717, 1.165) is 58.2 Å². The molecule has 6 nitrogen and oxygen atoms in total. The highest BCUT2D eigenvalue weighted by Crippen LogP contribution is 2.17. The minimum atomic E-state index is -0.947. The Morgan fingerprint density at radius 3 is 2.64 bits per heavy atom. The Bertz CT molecular complexity index is 388. The summed E-state index contributed by atoms with van der Waals surface area (Å²) in [5.41, 5.74) is 0. The lowest BCUT2D eigenvalue weighted by atomic mass is 9.99. The number of hydrogen-bond donors (Lipinski definition) is 1. The highest BCUT2D eigenvalue weighted by atomic mass is 16.7. The number of carbonyl (C=O) groups is 2. The number of ether oxygens (including phenoxy) is 2. The van der Waals surface area contributed by atoms with E-state index in [1.807, 2.05) is 0 Å². The van der Waals surface area contributed by atoms with E-state index in [2.05, 4.69) is 18.7 Å². The van der Waals surface area contributed by atoms with Crippen molar-refractivity contribution >= 4 is 12.1 Å². The topological polar surface area (TPSA) is 76.1 Å². The Morgan fingerprint density at radius 1 is 1.20 bits per heavy atom. The summed E-state index contributed by atoms with van der Waals surface area (Å²) in [5, 5.41) is 8.99. The number of piperidine rings is 1. The second kappa shape index (κ2) is 13.0. The molecule has 146 valence electrons. The average molecular weight is 357 g/mol. The molecule has 0 aliphatic carbocycles. The molecule has 6 heteroatoms. The smallest absolute Gasteiger partial charge is 0.481 e. The van der Waals surface area contributed by atoms with Gasteiger partial charge in [0.05, 0.1) is 13.0 Å². The summed E-state index contributed by atoms with van der Waals surface area (Å²) in [6.07, 6.45) is 6.68. The van der Waals surface area contributed by atoms with E-state index in [4.69, 9.17) is 14.6 Å². The Kier molecular flexibility index (Phi) is 11.3. The molecule has 0 radical (unpaired) electrons. The van der Waals surface area contributed by atoms with E-state index < -0.39 is 18.2 Å². The van der Waals surface area contributed by atoms with Crippen molar-refractivity contribution in [2.24, 2.45) is 5.92 Å². The van der Waals surface area contributed by atoms with Crippen molar-refractivity contribution in [2.45, 2.75) is 77.7 Å². The minimum Gasteiger partial charge on any atom is -0.481 e. The lowest BCUT2D eigenvalue weighted by Gasteiger charge is -2.31. The molecular weight excluding hydrogens is 322 g/mol. The molecule has 0 spiro atoms. The molecule has 1 saturated heterocycles. The van der Waals surface area contributed by atoms with Crippen molar-refractivity contribution in [1.82, 2.24) is 4.90 Å². The Morgan fingerprint density at radius 2 is 1.96 bits per heavy atom. The predicted molar refractivity (Wildman–Crippen MR) is 96.7 cm³/mol.